The fourth-order valence-corrected chi connectivity index (χ4v) is 1.70. The Kier molecular flexibility index (Phi) is 4.57. The lowest BCUT2D eigenvalue weighted by Crippen LogP contribution is -2.27. The van der Waals surface area contributed by atoms with Gasteiger partial charge in [-0.05, 0) is 18.6 Å². The third kappa shape index (κ3) is 3.27. The first kappa shape index (κ1) is 14.3. The number of nitrogens with one attached hydrogen (secondary N) is 1. The van der Waals surface area contributed by atoms with E-state index in [1.807, 2.05) is 13.8 Å². The van der Waals surface area contributed by atoms with E-state index in [4.69, 9.17) is 8.94 Å². The van der Waals surface area contributed by atoms with E-state index in [1.165, 1.54) is 6.26 Å². The molecule has 0 aromatic carbocycles. The molecule has 108 valence electrons. The lowest BCUT2D eigenvalue weighted by Gasteiger charge is -2.07. The molecule has 0 unspecified atom stereocenters. The number of rotatable bonds is 6. The molecule has 0 radical (unpaired) electrons. The second-order valence-electron chi connectivity index (χ2n) is 4.67. The van der Waals surface area contributed by atoms with Crippen LogP contribution in [0.3, 0.4) is 0 Å². The second-order valence-corrected chi connectivity index (χ2v) is 4.67. The first-order valence-electron chi connectivity index (χ1n) is 6.58. The highest BCUT2D eigenvalue weighted by Gasteiger charge is 2.17. The molecule has 2 rings (SSSR count). The number of hydrogen-bond acceptors (Lipinski definition) is 5. The summed E-state index contributed by atoms with van der Waals surface area (Å²) in [5.41, 5.74) is 0.754. The average molecular weight is 278 g/mol. The van der Waals surface area contributed by atoms with E-state index in [0.717, 1.165) is 12.1 Å². The molecule has 0 saturated heterocycles. The minimum absolute atomic E-state index is 0.0473. The summed E-state index contributed by atoms with van der Waals surface area (Å²) in [7, 11) is 0. The summed E-state index contributed by atoms with van der Waals surface area (Å²) < 4.78 is 10.1. The van der Waals surface area contributed by atoms with Crippen LogP contribution in [0.2, 0.25) is 0 Å². The molecule has 1 amide bonds. The maximum atomic E-state index is 11.9. The molecule has 2 aromatic rings. The number of aliphatic hydroxyl groups excluding tert-OH is 1. The van der Waals surface area contributed by atoms with E-state index in [9.17, 15) is 9.90 Å². The van der Waals surface area contributed by atoms with Gasteiger partial charge in [0.1, 0.15) is 11.9 Å². The van der Waals surface area contributed by atoms with Crippen LogP contribution in [-0.2, 0) is 0 Å². The van der Waals surface area contributed by atoms with Crippen molar-refractivity contribution in [1.82, 2.24) is 10.5 Å². The molecule has 2 heterocycles. The van der Waals surface area contributed by atoms with Crippen LogP contribution < -0.4 is 5.32 Å². The molecule has 0 bridgehead atoms. The first-order chi connectivity index (χ1) is 9.61. The molecule has 2 aromatic heterocycles. The van der Waals surface area contributed by atoms with Gasteiger partial charge in [0.05, 0.1) is 18.5 Å². The normalized spacial score (nSPS) is 13.9. The summed E-state index contributed by atoms with van der Waals surface area (Å²) in [4.78, 5) is 11.9. The predicted molar refractivity (Wildman–Crippen MR) is 71.2 cm³/mol. The molecule has 0 fully saturated rings. The Morgan fingerprint density at radius 2 is 2.35 bits per heavy atom. The summed E-state index contributed by atoms with van der Waals surface area (Å²) in [6.07, 6.45) is 1.51. The van der Waals surface area contributed by atoms with E-state index in [0.29, 0.717) is 5.76 Å². The van der Waals surface area contributed by atoms with Crippen molar-refractivity contribution in [2.75, 3.05) is 6.54 Å². The second kappa shape index (κ2) is 6.38. The van der Waals surface area contributed by atoms with Crippen LogP contribution in [0.15, 0.2) is 33.4 Å². The standard InChI is InChI=1S/C14H18N2O4/c1-3-9(2)10-7-13(20-16-10)14(18)15-8-11(17)12-5-4-6-19-12/h4-7,9,11,17H,3,8H2,1-2H3,(H,15,18)/t9-,11-/m0/s1. The number of nitrogens with zero attached hydrogens (tertiary/aromatic N) is 1. The van der Waals surface area contributed by atoms with Crippen molar-refractivity contribution in [1.29, 1.82) is 0 Å². The largest absolute Gasteiger partial charge is 0.467 e. The van der Waals surface area contributed by atoms with Gasteiger partial charge >= 0.3 is 0 Å². The van der Waals surface area contributed by atoms with Crippen LogP contribution in [0.4, 0.5) is 0 Å². The van der Waals surface area contributed by atoms with Gasteiger partial charge in [0.15, 0.2) is 0 Å². The SMILES string of the molecule is CC[C@H](C)c1cc(C(=O)NC[C@H](O)c2ccco2)on1. The molecule has 6 heteroatoms. The first-order valence-corrected chi connectivity index (χ1v) is 6.58. The molecular formula is C14H18N2O4. The summed E-state index contributed by atoms with van der Waals surface area (Å²) >= 11 is 0. The van der Waals surface area contributed by atoms with Gasteiger partial charge in [-0.2, -0.15) is 0 Å². The highest BCUT2D eigenvalue weighted by molar-refractivity contribution is 5.91. The fraction of sp³-hybridized carbons (Fsp3) is 0.429. The Morgan fingerprint density at radius 1 is 1.55 bits per heavy atom. The quantitative estimate of drug-likeness (QED) is 0.846. The Balaban J connectivity index is 1.90. The average Bonchev–Trinajstić information content (AvgIpc) is 3.13. The fourth-order valence-electron chi connectivity index (χ4n) is 1.70. The van der Waals surface area contributed by atoms with E-state index in [-0.39, 0.29) is 18.2 Å². The molecule has 0 spiro atoms. The Morgan fingerprint density at radius 3 is 3.00 bits per heavy atom. The minimum Gasteiger partial charge on any atom is -0.467 e. The molecule has 2 N–H and O–H groups in total. The Bertz CT molecular complexity index is 547. The zero-order valence-electron chi connectivity index (χ0n) is 11.5. The smallest absolute Gasteiger partial charge is 0.290 e. The number of carbonyl (C=O) groups excluding carboxylic acids is 1. The molecule has 0 saturated carbocycles. The zero-order valence-corrected chi connectivity index (χ0v) is 11.5. The molecule has 2 atom stereocenters. The van der Waals surface area contributed by atoms with Crippen molar-refractivity contribution < 1.29 is 18.8 Å². The summed E-state index contributed by atoms with van der Waals surface area (Å²) in [6, 6.07) is 4.95. The molecule has 0 aliphatic heterocycles. The molecule has 0 aliphatic carbocycles. The number of furan rings is 1. The van der Waals surface area contributed by atoms with Crippen molar-refractivity contribution in [3.05, 3.63) is 41.7 Å². The maximum absolute atomic E-state index is 11.9. The van der Waals surface area contributed by atoms with Crippen molar-refractivity contribution in [3.63, 3.8) is 0 Å². The number of aromatic nitrogens is 1. The van der Waals surface area contributed by atoms with Crippen molar-refractivity contribution in [2.45, 2.75) is 32.3 Å². The van der Waals surface area contributed by atoms with Crippen LogP contribution in [0, 0.1) is 0 Å². The van der Waals surface area contributed by atoms with Gasteiger partial charge in [-0.15, -0.1) is 0 Å². The monoisotopic (exact) mass is 278 g/mol. The summed E-state index contributed by atoms with van der Waals surface area (Å²) in [6.45, 7) is 4.10. The van der Waals surface area contributed by atoms with E-state index >= 15 is 0 Å². The van der Waals surface area contributed by atoms with Crippen LogP contribution in [0.5, 0.6) is 0 Å². The van der Waals surface area contributed by atoms with Crippen molar-refractivity contribution in [2.24, 2.45) is 0 Å². The number of carbonyl (C=O) groups is 1. The maximum Gasteiger partial charge on any atom is 0.290 e. The highest BCUT2D eigenvalue weighted by Crippen LogP contribution is 2.18. The highest BCUT2D eigenvalue weighted by atomic mass is 16.5. The van der Waals surface area contributed by atoms with Crippen LogP contribution in [-0.4, -0.2) is 22.7 Å². The van der Waals surface area contributed by atoms with E-state index in [2.05, 4.69) is 10.5 Å². The van der Waals surface area contributed by atoms with Crippen LogP contribution in [0.25, 0.3) is 0 Å². The van der Waals surface area contributed by atoms with Gasteiger partial charge in [-0.3, -0.25) is 4.79 Å². The summed E-state index contributed by atoms with van der Waals surface area (Å²) in [5, 5.41) is 16.2. The van der Waals surface area contributed by atoms with Gasteiger partial charge in [0.2, 0.25) is 5.76 Å². The van der Waals surface area contributed by atoms with Gasteiger partial charge in [-0.1, -0.05) is 19.0 Å². The van der Waals surface area contributed by atoms with Gasteiger partial charge in [0.25, 0.3) is 5.91 Å². The minimum atomic E-state index is -0.883. The number of aliphatic hydroxyl groups is 1. The molecule has 0 aliphatic rings. The van der Waals surface area contributed by atoms with Gasteiger partial charge in [0, 0.05) is 12.0 Å². The third-order valence-electron chi connectivity index (χ3n) is 3.20. The molecule has 6 nitrogen and oxygen atoms in total. The van der Waals surface area contributed by atoms with Crippen LogP contribution in [0.1, 0.15) is 54.3 Å². The molecular weight excluding hydrogens is 260 g/mol. The number of hydrogen-bond donors (Lipinski definition) is 2. The molecule has 20 heavy (non-hydrogen) atoms. The third-order valence-corrected chi connectivity index (χ3v) is 3.20. The summed E-state index contributed by atoms with van der Waals surface area (Å²) in [5.74, 6) is 0.391. The van der Waals surface area contributed by atoms with Crippen molar-refractivity contribution in [3.8, 4) is 0 Å². The Hall–Kier alpha value is -2.08. The van der Waals surface area contributed by atoms with Crippen LogP contribution >= 0.6 is 0 Å². The predicted octanol–water partition coefficient (Wildman–Crippen LogP) is 2.24. The van der Waals surface area contributed by atoms with Crippen molar-refractivity contribution >= 4 is 5.91 Å². The van der Waals surface area contributed by atoms with Gasteiger partial charge < -0.3 is 19.4 Å². The van der Waals surface area contributed by atoms with Gasteiger partial charge in [-0.25, -0.2) is 0 Å². The zero-order chi connectivity index (χ0) is 14.5. The van der Waals surface area contributed by atoms with E-state index in [1.54, 1.807) is 18.2 Å². The van der Waals surface area contributed by atoms with E-state index < -0.39 is 12.0 Å². The topological polar surface area (TPSA) is 88.5 Å². The lowest BCUT2D eigenvalue weighted by molar-refractivity contribution is 0.0865. The number of amides is 1. The Labute approximate surface area is 116 Å². The lowest BCUT2D eigenvalue weighted by atomic mass is 10.1.